The molecule has 0 spiro atoms. The number of pyridine rings is 1. The molecule has 1 rings (SSSR count). The van der Waals surface area contributed by atoms with Crippen molar-refractivity contribution in [3.63, 3.8) is 0 Å². The fourth-order valence-corrected chi connectivity index (χ4v) is 1.54. The van der Waals surface area contributed by atoms with Gasteiger partial charge >= 0.3 is 0 Å². The molecule has 1 atom stereocenters. The van der Waals surface area contributed by atoms with Crippen LogP contribution in [0.2, 0.25) is 0 Å². The first-order chi connectivity index (χ1) is 8.01. The van der Waals surface area contributed by atoms with Crippen LogP contribution in [0.1, 0.15) is 41.9 Å². The highest BCUT2D eigenvalue weighted by molar-refractivity contribution is 6.00. The molecule has 5 nitrogen and oxygen atoms in total. The standard InChI is InChI=1S/C12H14N2O3/c1-3-4-10-9(11(16)7(2)15)5-8(6-13)12(17)14-10/h5,7,15H,3-4H2,1-2H3,(H,14,17). The van der Waals surface area contributed by atoms with E-state index < -0.39 is 17.4 Å². The Bertz CT molecular complexity index is 524. The van der Waals surface area contributed by atoms with Gasteiger partial charge in [0.2, 0.25) is 0 Å². The third kappa shape index (κ3) is 2.80. The molecule has 1 heterocycles. The van der Waals surface area contributed by atoms with Gasteiger partial charge in [-0.3, -0.25) is 9.59 Å². The number of hydrogen-bond acceptors (Lipinski definition) is 4. The predicted molar refractivity (Wildman–Crippen MR) is 61.8 cm³/mol. The molecule has 0 amide bonds. The van der Waals surface area contributed by atoms with E-state index in [0.717, 1.165) is 6.42 Å². The zero-order valence-electron chi connectivity index (χ0n) is 9.78. The molecule has 0 saturated carbocycles. The summed E-state index contributed by atoms with van der Waals surface area (Å²) < 4.78 is 0. The Hall–Kier alpha value is -1.93. The van der Waals surface area contributed by atoms with Crippen LogP contribution in [-0.4, -0.2) is 22.0 Å². The fourth-order valence-electron chi connectivity index (χ4n) is 1.54. The average Bonchev–Trinajstić information content (AvgIpc) is 2.29. The van der Waals surface area contributed by atoms with E-state index in [1.165, 1.54) is 13.0 Å². The monoisotopic (exact) mass is 234 g/mol. The minimum Gasteiger partial charge on any atom is -0.385 e. The second-order valence-electron chi connectivity index (χ2n) is 3.81. The zero-order valence-corrected chi connectivity index (χ0v) is 9.78. The summed E-state index contributed by atoms with van der Waals surface area (Å²) in [6.45, 7) is 3.27. The van der Waals surface area contributed by atoms with Crippen LogP contribution in [0.15, 0.2) is 10.9 Å². The van der Waals surface area contributed by atoms with Crippen molar-refractivity contribution in [2.24, 2.45) is 0 Å². The third-order valence-corrected chi connectivity index (χ3v) is 2.39. The number of nitrogens with one attached hydrogen (secondary N) is 1. The molecular formula is C12H14N2O3. The van der Waals surface area contributed by atoms with Crippen LogP contribution in [0.25, 0.3) is 0 Å². The van der Waals surface area contributed by atoms with Crippen LogP contribution < -0.4 is 5.56 Å². The molecule has 1 aromatic rings. The highest BCUT2D eigenvalue weighted by Gasteiger charge is 2.18. The number of rotatable bonds is 4. The van der Waals surface area contributed by atoms with Crippen LogP contribution in [0.3, 0.4) is 0 Å². The molecule has 0 fully saturated rings. The zero-order chi connectivity index (χ0) is 13.0. The summed E-state index contributed by atoms with van der Waals surface area (Å²) in [7, 11) is 0. The Morgan fingerprint density at radius 3 is 2.76 bits per heavy atom. The van der Waals surface area contributed by atoms with Gasteiger partial charge in [-0.25, -0.2) is 0 Å². The number of aliphatic hydroxyl groups is 1. The van der Waals surface area contributed by atoms with E-state index in [-0.39, 0.29) is 11.1 Å². The molecule has 0 aliphatic rings. The maximum Gasteiger partial charge on any atom is 0.266 e. The molecule has 0 aliphatic heterocycles. The number of nitrogens with zero attached hydrogens (tertiary/aromatic N) is 1. The Labute approximate surface area is 98.7 Å². The number of nitriles is 1. The lowest BCUT2D eigenvalue weighted by atomic mass is 10.0. The van der Waals surface area contributed by atoms with Crippen molar-refractivity contribution in [2.45, 2.75) is 32.8 Å². The van der Waals surface area contributed by atoms with Gasteiger partial charge in [-0.1, -0.05) is 13.3 Å². The molecule has 5 heteroatoms. The smallest absolute Gasteiger partial charge is 0.266 e. The maximum absolute atomic E-state index is 11.7. The van der Waals surface area contributed by atoms with E-state index in [0.29, 0.717) is 12.1 Å². The van der Waals surface area contributed by atoms with Crippen molar-refractivity contribution in [1.29, 1.82) is 5.26 Å². The average molecular weight is 234 g/mol. The molecular weight excluding hydrogens is 220 g/mol. The SMILES string of the molecule is CCCc1[nH]c(=O)c(C#N)cc1C(=O)C(C)O. The van der Waals surface area contributed by atoms with Crippen molar-refractivity contribution in [2.75, 3.05) is 0 Å². The number of carbonyl (C=O) groups excluding carboxylic acids is 1. The number of hydrogen-bond donors (Lipinski definition) is 2. The van der Waals surface area contributed by atoms with Gasteiger partial charge < -0.3 is 10.1 Å². The summed E-state index contributed by atoms with van der Waals surface area (Å²) in [5.41, 5.74) is 0.0762. The molecule has 0 saturated heterocycles. The van der Waals surface area contributed by atoms with Crippen molar-refractivity contribution < 1.29 is 9.90 Å². The second-order valence-corrected chi connectivity index (χ2v) is 3.81. The van der Waals surface area contributed by atoms with Gasteiger partial charge in [-0.2, -0.15) is 5.26 Å². The van der Waals surface area contributed by atoms with Crippen LogP contribution in [0.4, 0.5) is 0 Å². The van der Waals surface area contributed by atoms with Gasteiger partial charge in [0.25, 0.3) is 5.56 Å². The van der Waals surface area contributed by atoms with Gasteiger partial charge in [0.05, 0.1) is 0 Å². The van der Waals surface area contributed by atoms with Gasteiger partial charge in [0.1, 0.15) is 17.7 Å². The molecule has 90 valence electrons. The largest absolute Gasteiger partial charge is 0.385 e. The van der Waals surface area contributed by atoms with Crippen LogP contribution >= 0.6 is 0 Å². The minimum atomic E-state index is -1.15. The summed E-state index contributed by atoms with van der Waals surface area (Å²) in [4.78, 5) is 25.7. The number of Topliss-reactive ketones (excluding diaryl/α,β-unsaturated/α-hetero) is 1. The number of aryl methyl sites for hydroxylation is 1. The highest BCUT2D eigenvalue weighted by atomic mass is 16.3. The van der Waals surface area contributed by atoms with Crippen LogP contribution in [0, 0.1) is 11.3 Å². The summed E-state index contributed by atoms with van der Waals surface area (Å²) in [6.07, 6.45) is 0.125. The molecule has 1 unspecified atom stereocenters. The first-order valence-electron chi connectivity index (χ1n) is 5.39. The van der Waals surface area contributed by atoms with E-state index in [9.17, 15) is 14.7 Å². The summed E-state index contributed by atoms with van der Waals surface area (Å²) in [5.74, 6) is -0.485. The number of carbonyl (C=O) groups is 1. The van der Waals surface area contributed by atoms with E-state index in [2.05, 4.69) is 4.98 Å². The van der Waals surface area contributed by atoms with E-state index in [1.807, 2.05) is 6.92 Å². The first kappa shape index (κ1) is 13.1. The Morgan fingerprint density at radius 1 is 1.65 bits per heavy atom. The molecule has 0 radical (unpaired) electrons. The number of aromatic amines is 1. The second kappa shape index (κ2) is 5.41. The Balaban J connectivity index is 3.40. The molecule has 0 aromatic carbocycles. The van der Waals surface area contributed by atoms with Gasteiger partial charge in [0.15, 0.2) is 5.78 Å². The van der Waals surface area contributed by atoms with Crippen molar-refractivity contribution in [3.05, 3.63) is 33.2 Å². The summed E-state index contributed by atoms with van der Waals surface area (Å²) in [5, 5.41) is 18.0. The third-order valence-electron chi connectivity index (χ3n) is 2.39. The topological polar surface area (TPSA) is 94.0 Å². The van der Waals surface area contributed by atoms with Crippen molar-refractivity contribution >= 4 is 5.78 Å². The summed E-state index contributed by atoms with van der Waals surface area (Å²) >= 11 is 0. The van der Waals surface area contributed by atoms with Gasteiger partial charge in [-0.05, 0) is 19.4 Å². The maximum atomic E-state index is 11.7. The van der Waals surface area contributed by atoms with E-state index in [4.69, 9.17) is 5.26 Å². The lowest BCUT2D eigenvalue weighted by Gasteiger charge is -2.09. The highest BCUT2D eigenvalue weighted by Crippen LogP contribution is 2.11. The van der Waals surface area contributed by atoms with Gasteiger partial charge in [-0.15, -0.1) is 0 Å². The molecule has 2 N–H and O–H groups in total. The van der Waals surface area contributed by atoms with Crippen molar-refractivity contribution in [3.8, 4) is 6.07 Å². The normalized spacial score (nSPS) is 11.9. The number of aliphatic hydroxyl groups excluding tert-OH is 1. The lowest BCUT2D eigenvalue weighted by molar-refractivity contribution is 0.0778. The molecule has 17 heavy (non-hydrogen) atoms. The van der Waals surface area contributed by atoms with Crippen LogP contribution in [-0.2, 0) is 6.42 Å². The van der Waals surface area contributed by atoms with Crippen LogP contribution in [0.5, 0.6) is 0 Å². The molecule has 1 aromatic heterocycles. The number of aromatic nitrogens is 1. The first-order valence-corrected chi connectivity index (χ1v) is 5.39. The number of H-pyrrole nitrogens is 1. The lowest BCUT2D eigenvalue weighted by Crippen LogP contribution is -2.23. The Kier molecular flexibility index (Phi) is 4.18. The Morgan fingerprint density at radius 2 is 2.29 bits per heavy atom. The number of ketones is 1. The molecule has 0 aliphatic carbocycles. The van der Waals surface area contributed by atoms with E-state index in [1.54, 1.807) is 6.07 Å². The van der Waals surface area contributed by atoms with Crippen molar-refractivity contribution in [1.82, 2.24) is 4.98 Å². The molecule has 0 bridgehead atoms. The fraction of sp³-hybridized carbons (Fsp3) is 0.417. The summed E-state index contributed by atoms with van der Waals surface area (Å²) in [6, 6.07) is 2.97. The van der Waals surface area contributed by atoms with Gasteiger partial charge in [0, 0.05) is 11.3 Å². The minimum absolute atomic E-state index is 0.117. The van der Waals surface area contributed by atoms with E-state index >= 15 is 0 Å². The predicted octanol–water partition coefficient (Wildman–Crippen LogP) is 0.763. The quantitative estimate of drug-likeness (QED) is 0.752.